The summed E-state index contributed by atoms with van der Waals surface area (Å²) in [6.07, 6.45) is 0. The highest BCUT2D eigenvalue weighted by molar-refractivity contribution is 5.67. The number of aromatic nitrogens is 2. The minimum Gasteiger partial charge on any atom is -0.378 e. The minimum absolute atomic E-state index is 0.607. The first kappa shape index (κ1) is 18.7. The predicted octanol–water partition coefficient (Wildman–Crippen LogP) is 4.80. The summed E-state index contributed by atoms with van der Waals surface area (Å²) >= 11 is 0. The summed E-state index contributed by atoms with van der Waals surface area (Å²) < 4.78 is 0. The molecule has 27 heavy (non-hydrogen) atoms. The van der Waals surface area contributed by atoms with E-state index >= 15 is 0 Å². The number of benzene rings is 2. The zero-order valence-corrected chi connectivity index (χ0v) is 16.5. The fraction of sp³-hybridized carbons (Fsp3) is 0.273. The fourth-order valence-electron chi connectivity index (χ4n) is 2.93. The molecule has 1 heterocycles. The van der Waals surface area contributed by atoms with E-state index < -0.39 is 0 Å². The van der Waals surface area contributed by atoms with Crippen LogP contribution in [0.1, 0.15) is 13.8 Å². The van der Waals surface area contributed by atoms with E-state index in [0.717, 1.165) is 41.5 Å². The maximum Gasteiger partial charge on any atom is 0.229 e. The number of rotatable bonds is 7. The van der Waals surface area contributed by atoms with Gasteiger partial charge >= 0.3 is 0 Å². The maximum absolute atomic E-state index is 4.75. The number of nitrogens with zero attached hydrogens (tertiary/aromatic N) is 4. The molecular formula is C22H27N5. The Bertz CT molecular complexity index is 856. The van der Waals surface area contributed by atoms with E-state index in [2.05, 4.69) is 59.3 Å². The summed E-state index contributed by atoms with van der Waals surface area (Å²) in [6, 6.07) is 20.5. The quantitative estimate of drug-likeness (QED) is 0.655. The molecule has 3 rings (SSSR count). The molecule has 0 fully saturated rings. The van der Waals surface area contributed by atoms with Gasteiger partial charge in [-0.3, -0.25) is 0 Å². The third-order valence-corrected chi connectivity index (χ3v) is 4.51. The van der Waals surface area contributed by atoms with Crippen molar-refractivity contribution in [3.8, 4) is 11.3 Å². The van der Waals surface area contributed by atoms with Gasteiger partial charge in [-0.2, -0.15) is 4.98 Å². The molecule has 0 aliphatic carbocycles. The van der Waals surface area contributed by atoms with Crippen molar-refractivity contribution < 1.29 is 0 Å². The van der Waals surface area contributed by atoms with Crippen LogP contribution in [0.5, 0.6) is 0 Å². The van der Waals surface area contributed by atoms with E-state index in [1.54, 1.807) is 0 Å². The SMILES string of the molecule is CCN(CC)c1cc(-c2ccccc2)nc(Nc2ccc(N(C)C)cc2)n1. The van der Waals surface area contributed by atoms with Crippen LogP contribution in [0.15, 0.2) is 60.7 Å². The van der Waals surface area contributed by atoms with E-state index in [0.29, 0.717) is 5.95 Å². The zero-order chi connectivity index (χ0) is 19.2. The van der Waals surface area contributed by atoms with Gasteiger partial charge in [-0.15, -0.1) is 0 Å². The molecule has 0 aliphatic rings. The van der Waals surface area contributed by atoms with E-state index in [1.165, 1.54) is 0 Å². The van der Waals surface area contributed by atoms with Crippen molar-refractivity contribution in [3.63, 3.8) is 0 Å². The molecule has 2 aromatic carbocycles. The Kier molecular flexibility index (Phi) is 5.91. The van der Waals surface area contributed by atoms with Gasteiger partial charge in [0.15, 0.2) is 0 Å². The molecule has 0 saturated carbocycles. The van der Waals surface area contributed by atoms with Gasteiger partial charge in [0.2, 0.25) is 5.95 Å². The highest BCUT2D eigenvalue weighted by Crippen LogP contribution is 2.25. The zero-order valence-electron chi connectivity index (χ0n) is 16.5. The van der Waals surface area contributed by atoms with E-state index in [4.69, 9.17) is 9.97 Å². The van der Waals surface area contributed by atoms with Crippen molar-refractivity contribution in [1.29, 1.82) is 0 Å². The number of hydrogen-bond donors (Lipinski definition) is 1. The normalized spacial score (nSPS) is 10.5. The standard InChI is InChI=1S/C22H27N5/c1-5-27(6-2)21-16-20(17-10-8-7-9-11-17)24-22(25-21)23-18-12-14-19(15-13-18)26(3)4/h7-16H,5-6H2,1-4H3,(H,23,24,25). The molecule has 0 amide bonds. The average molecular weight is 361 g/mol. The molecular weight excluding hydrogens is 334 g/mol. The summed E-state index contributed by atoms with van der Waals surface area (Å²) in [6.45, 7) is 6.08. The summed E-state index contributed by atoms with van der Waals surface area (Å²) in [7, 11) is 4.07. The molecule has 0 saturated heterocycles. The van der Waals surface area contributed by atoms with Crippen molar-refractivity contribution in [1.82, 2.24) is 9.97 Å². The lowest BCUT2D eigenvalue weighted by Gasteiger charge is -2.21. The third kappa shape index (κ3) is 4.56. The Labute approximate surface area is 161 Å². The first-order valence-corrected chi connectivity index (χ1v) is 9.34. The first-order valence-electron chi connectivity index (χ1n) is 9.34. The minimum atomic E-state index is 0.607. The second kappa shape index (κ2) is 8.54. The molecule has 0 aliphatic heterocycles. The average Bonchev–Trinajstić information content (AvgIpc) is 2.70. The Morgan fingerprint density at radius 3 is 2.11 bits per heavy atom. The number of nitrogens with one attached hydrogen (secondary N) is 1. The lowest BCUT2D eigenvalue weighted by Crippen LogP contribution is -2.23. The van der Waals surface area contributed by atoms with E-state index in [-0.39, 0.29) is 0 Å². The Hall–Kier alpha value is -3.08. The monoisotopic (exact) mass is 361 g/mol. The van der Waals surface area contributed by atoms with Gasteiger partial charge < -0.3 is 15.1 Å². The van der Waals surface area contributed by atoms with Crippen LogP contribution in [0.3, 0.4) is 0 Å². The van der Waals surface area contributed by atoms with E-state index in [1.807, 2.05) is 44.4 Å². The van der Waals surface area contributed by atoms with Crippen molar-refractivity contribution in [3.05, 3.63) is 60.7 Å². The van der Waals surface area contributed by atoms with Crippen molar-refractivity contribution in [2.45, 2.75) is 13.8 Å². The molecule has 0 bridgehead atoms. The van der Waals surface area contributed by atoms with Crippen LogP contribution < -0.4 is 15.1 Å². The molecule has 0 radical (unpaired) electrons. The van der Waals surface area contributed by atoms with Gasteiger partial charge in [0.25, 0.3) is 0 Å². The van der Waals surface area contributed by atoms with Crippen LogP contribution >= 0.6 is 0 Å². The van der Waals surface area contributed by atoms with Gasteiger partial charge in [0.1, 0.15) is 5.82 Å². The topological polar surface area (TPSA) is 44.3 Å². The summed E-state index contributed by atoms with van der Waals surface area (Å²) in [5, 5.41) is 3.36. The highest BCUT2D eigenvalue weighted by atomic mass is 15.2. The summed E-state index contributed by atoms with van der Waals surface area (Å²) in [5.74, 6) is 1.54. The molecule has 0 unspecified atom stereocenters. The fourth-order valence-corrected chi connectivity index (χ4v) is 2.93. The molecule has 0 spiro atoms. The molecule has 0 atom stereocenters. The first-order chi connectivity index (χ1) is 13.1. The lowest BCUT2D eigenvalue weighted by atomic mass is 10.1. The van der Waals surface area contributed by atoms with Crippen LogP contribution in [0, 0.1) is 0 Å². The van der Waals surface area contributed by atoms with Crippen LogP contribution in [0.4, 0.5) is 23.1 Å². The van der Waals surface area contributed by atoms with Gasteiger partial charge in [-0.05, 0) is 38.1 Å². The molecule has 1 N–H and O–H groups in total. The largest absolute Gasteiger partial charge is 0.378 e. The highest BCUT2D eigenvalue weighted by Gasteiger charge is 2.11. The van der Waals surface area contributed by atoms with Gasteiger partial charge in [-0.25, -0.2) is 4.98 Å². The lowest BCUT2D eigenvalue weighted by molar-refractivity contribution is 0.843. The van der Waals surface area contributed by atoms with E-state index in [9.17, 15) is 0 Å². The Balaban J connectivity index is 1.96. The van der Waals surface area contributed by atoms with Crippen LogP contribution in [0.25, 0.3) is 11.3 Å². The van der Waals surface area contributed by atoms with Crippen LogP contribution in [-0.4, -0.2) is 37.2 Å². The summed E-state index contributed by atoms with van der Waals surface area (Å²) in [5.41, 5.74) is 4.12. The molecule has 140 valence electrons. The van der Waals surface area contributed by atoms with Gasteiger partial charge in [-0.1, -0.05) is 30.3 Å². The second-order valence-electron chi connectivity index (χ2n) is 6.54. The van der Waals surface area contributed by atoms with Crippen LogP contribution in [-0.2, 0) is 0 Å². The molecule has 5 heteroatoms. The Morgan fingerprint density at radius 2 is 1.52 bits per heavy atom. The van der Waals surface area contributed by atoms with Crippen molar-refractivity contribution in [2.24, 2.45) is 0 Å². The Morgan fingerprint density at radius 1 is 0.852 bits per heavy atom. The maximum atomic E-state index is 4.75. The number of anilines is 4. The third-order valence-electron chi connectivity index (χ3n) is 4.51. The van der Waals surface area contributed by atoms with Gasteiger partial charge in [0, 0.05) is 50.2 Å². The smallest absolute Gasteiger partial charge is 0.229 e. The second-order valence-corrected chi connectivity index (χ2v) is 6.54. The number of hydrogen-bond acceptors (Lipinski definition) is 5. The predicted molar refractivity (Wildman–Crippen MR) is 115 cm³/mol. The summed E-state index contributed by atoms with van der Waals surface area (Å²) in [4.78, 5) is 13.8. The van der Waals surface area contributed by atoms with Crippen molar-refractivity contribution in [2.75, 3.05) is 42.3 Å². The van der Waals surface area contributed by atoms with Crippen LogP contribution in [0.2, 0.25) is 0 Å². The molecule has 1 aromatic heterocycles. The van der Waals surface area contributed by atoms with Gasteiger partial charge in [0.05, 0.1) is 5.69 Å². The molecule has 3 aromatic rings. The van der Waals surface area contributed by atoms with Crippen molar-refractivity contribution >= 4 is 23.1 Å². The molecule has 5 nitrogen and oxygen atoms in total.